The number of amides is 1. The SMILES string of the molecule is CC(C)S(=O)(=O)NC1CCC(NC(=O)c2ccccc2)CC1. The largest absolute Gasteiger partial charge is 0.349 e. The van der Waals surface area contributed by atoms with E-state index in [-0.39, 0.29) is 18.0 Å². The van der Waals surface area contributed by atoms with Gasteiger partial charge in [0.15, 0.2) is 0 Å². The topological polar surface area (TPSA) is 75.3 Å². The average Bonchev–Trinajstić information content (AvgIpc) is 2.49. The van der Waals surface area contributed by atoms with Crippen LogP contribution in [0.1, 0.15) is 49.9 Å². The van der Waals surface area contributed by atoms with Crippen LogP contribution in [0.15, 0.2) is 30.3 Å². The summed E-state index contributed by atoms with van der Waals surface area (Å²) >= 11 is 0. The van der Waals surface area contributed by atoms with E-state index in [1.165, 1.54) is 0 Å². The molecule has 2 rings (SSSR count). The Morgan fingerprint density at radius 2 is 1.59 bits per heavy atom. The molecule has 0 aliphatic heterocycles. The first-order chi connectivity index (χ1) is 10.4. The molecule has 2 N–H and O–H groups in total. The van der Waals surface area contributed by atoms with Gasteiger partial charge >= 0.3 is 0 Å². The Balaban J connectivity index is 1.82. The van der Waals surface area contributed by atoms with Gasteiger partial charge in [0.05, 0.1) is 5.25 Å². The van der Waals surface area contributed by atoms with E-state index in [2.05, 4.69) is 10.0 Å². The van der Waals surface area contributed by atoms with E-state index in [4.69, 9.17) is 0 Å². The lowest BCUT2D eigenvalue weighted by Gasteiger charge is -2.30. The molecule has 122 valence electrons. The van der Waals surface area contributed by atoms with Crippen LogP contribution in [0.2, 0.25) is 0 Å². The average molecular weight is 324 g/mol. The zero-order valence-electron chi connectivity index (χ0n) is 13.1. The van der Waals surface area contributed by atoms with Gasteiger partial charge < -0.3 is 5.32 Å². The zero-order chi connectivity index (χ0) is 16.2. The molecule has 1 aliphatic carbocycles. The molecular weight excluding hydrogens is 300 g/mol. The van der Waals surface area contributed by atoms with Crippen molar-refractivity contribution in [3.8, 4) is 0 Å². The minimum absolute atomic E-state index is 0.0164. The van der Waals surface area contributed by atoms with Gasteiger partial charge in [-0.15, -0.1) is 0 Å². The number of hydrogen-bond donors (Lipinski definition) is 2. The molecule has 1 saturated carbocycles. The Hall–Kier alpha value is -1.40. The molecule has 1 fully saturated rings. The van der Waals surface area contributed by atoms with Crippen LogP contribution in [-0.4, -0.2) is 31.7 Å². The summed E-state index contributed by atoms with van der Waals surface area (Å²) in [6, 6.07) is 9.24. The second kappa shape index (κ2) is 7.24. The first-order valence-electron chi connectivity index (χ1n) is 7.75. The molecule has 1 amide bonds. The fourth-order valence-electron chi connectivity index (χ4n) is 2.58. The lowest BCUT2D eigenvalue weighted by molar-refractivity contribution is 0.0925. The van der Waals surface area contributed by atoms with E-state index in [9.17, 15) is 13.2 Å². The molecule has 22 heavy (non-hydrogen) atoms. The maximum atomic E-state index is 12.1. The third-order valence-electron chi connectivity index (χ3n) is 4.05. The van der Waals surface area contributed by atoms with Gasteiger partial charge in [0.1, 0.15) is 0 Å². The Bertz CT molecular complexity index is 591. The minimum atomic E-state index is -3.22. The number of rotatable bonds is 5. The molecule has 0 atom stereocenters. The van der Waals surface area contributed by atoms with Crippen LogP contribution in [-0.2, 0) is 10.0 Å². The summed E-state index contributed by atoms with van der Waals surface area (Å²) in [5.41, 5.74) is 0.658. The van der Waals surface area contributed by atoms with Crippen molar-refractivity contribution in [3.63, 3.8) is 0 Å². The molecule has 1 aromatic rings. The van der Waals surface area contributed by atoms with E-state index in [0.717, 1.165) is 25.7 Å². The highest BCUT2D eigenvalue weighted by atomic mass is 32.2. The van der Waals surface area contributed by atoms with Crippen LogP contribution in [0.3, 0.4) is 0 Å². The Morgan fingerprint density at radius 3 is 2.14 bits per heavy atom. The van der Waals surface area contributed by atoms with Crippen molar-refractivity contribution < 1.29 is 13.2 Å². The highest BCUT2D eigenvalue weighted by Gasteiger charge is 2.27. The number of benzene rings is 1. The van der Waals surface area contributed by atoms with E-state index in [0.29, 0.717) is 5.56 Å². The van der Waals surface area contributed by atoms with E-state index in [1.54, 1.807) is 26.0 Å². The van der Waals surface area contributed by atoms with Crippen molar-refractivity contribution in [2.24, 2.45) is 0 Å². The van der Waals surface area contributed by atoms with Crippen LogP contribution >= 0.6 is 0 Å². The van der Waals surface area contributed by atoms with E-state index < -0.39 is 15.3 Å². The molecule has 0 bridgehead atoms. The molecule has 0 spiro atoms. The number of nitrogens with one attached hydrogen (secondary N) is 2. The summed E-state index contributed by atoms with van der Waals surface area (Å²) in [7, 11) is -3.22. The first-order valence-corrected chi connectivity index (χ1v) is 9.30. The van der Waals surface area contributed by atoms with Crippen LogP contribution in [0, 0.1) is 0 Å². The number of hydrogen-bond acceptors (Lipinski definition) is 3. The molecule has 0 saturated heterocycles. The second-order valence-electron chi connectivity index (χ2n) is 6.10. The van der Waals surface area contributed by atoms with Gasteiger partial charge in [-0.05, 0) is 51.7 Å². The van der Waals surface area contributed by atoms with Crippen LogP contribution in [0.25, 0.3) is 0 Å². The van der Waals surface area contributed by atoms with Crippen molar-refractivity contribution in [1.82, 2.24) is 10.0 Å². The van der Waals surface area contributed by atoms with Crippen LogP contribution in [0.4, 0.5) is 0 Å². The van der Waals surface area contributed by atoms with Gasteiger partial charge in [-0.2, -0.15) is 0 Å². The molecular formula is C16H24N2O3S. The van der Waals surface area contributed by atoms with Gasteiger partial charge in [-0.3, -0.25) is 4.79 Å². The number of sulfonamides is 1. The van der Waals surface area contributed by atoms with E-state index in [1.807, 2.05) is 18.2 Å². The summed E-state index contributed by atoms with van der Waals surface area (Å²) in [5, 5.41) is 2.61. The lowest BCUT2D eigenvalue weighted by atomic mass is 9.91. The van der Waals surface area contributed by atoms with Gasteiger partial charge in [-0.1, -0.05) is 18.2 Å². The summed E-state index contributed by atoms with van der Waals surface area (Å²) in [5.74, 6) is -0.0631. The van der Waals surface area contributed by atoms with E-state index >= 15 is 0 Å². The smallest absolute Gasteiger partial charge is 0.251 e. The molecule has 0 unspecified atom stereocenters. The molecule has 0 aromatic heterocycles. The maximum Gasteiger partial charge on any atom is 0.251 e. The summed E-state index contributed by atoms with van der Waals surface area (Å²) in [6.07, 6.45) is 3.10. The van der Waals surface area contributed by atoms with Gasteiger partial charge in [0.25, 0.3) is 5.91 Å². The Kier molecular flexibility index (Phi) is 5.58. The predicted octanol–water partition coefficient (Wildman–Crippen LogP) is 2.06. The second-order valence-corrected chi connectivity index (χ2v) is 8.37. The molecule has 6 heteroatoms. The number of carbonyl (C=O) groups excluding carboxylic acids is 1. The first kappa shape index (κ1) is 17.0. The molecule has 1 aromatic carbocycles. The van der Waals surface area contributed by atoms with Gasteiger partial charge in [0.2, 0.25) is 10.0 Å². The zero-order valence-corrected chi connectivity index (χ0v) is 13.9. The molecule has 5 nitrogen and oxygen atoms in total. The third-order valence-corrected chi connectivity index (χ3v) is 5.95. The van der Waals surface area contributed by atoms with Crippen molar-refractivity contribution in [2.75, 3.05) is 0 Å². The molecule has 0 heterocycles. The van der Waals surface area contributed by atoms with Crippen LogP contribution < -0.4 is 10.0 Å². The Morgan fingerprint density at radius 1 is 1.05 bits per heavy atom. The summed E-state index contributed by atoms with van der Waals surface area (Å²) in [6.45, 7) is 3.35. The van der Waals surface area contributed by atoms with Crippen molar-refractivity contribution in [1.29, 1.82) is 0 Å². The standard InChI is InChI=1S/C16H24N2O3S/c1-12(2)22(20,21)18-15-10-8-14(9-11-15)17-16(19)13-6-4-3-5-7-13/h3-7,12,14-15,18H,8-11H2,1-2H3,(H,17,19). The van der Waals surface area contributed by atoms with Crippen molar-refractivity contribution >= 4 is 15.9 Å². The molecule has 1 aliphatic rings. The highest BCUT2D eigenvalue weighted by molar-refractivity contribution is 7.90. The minimum Gasteiger partial charge on any atom is -0.349 e. The summed E-state index contributed by atoms with van der Waals surface area (Å²) < 4.78 is 26.5. The quantitative estimate of drug-likeness (QED) is 0.870. The van der Waals surface area contributed by atoms with Gasteiger partial charge in [-0.25, -0.2) is 13.1 Å². The monoisotopic (exact) mass is 324 g/mol. The molecule has 0 radical (unpaired) electrons. The van der Waals surface area contributed by atoms with Crippen molar-refractivity contribution in [3.05, 3.63) is 35.9 Å². The third kappa shape index (κ3) is 4.55. The fourth-order valence-corrected chi connectivity index (χ4v) is 3.55. The Labute approximate surface area is 132 Å². The van der Waals surface area contributed by atoms with Crippen molar-refractivity contribution in [2.45, 2.75) is 56.9 Å². The van der Waals surface area contributed by atoms with Crippen LogP contribution in [0.5, 0.6) is 0 Å². The maximum absolute atomic E-state index is 12.1. The fraction of sp³-hybridized carbons (Fsp3) is 0.562. The van der Waals surface area contributed by atoms with Gasteiger partial charge in [0, 0.05) is 17.6 Å². The normalized spacial score (nSPS) is 22.5. The number of carbonyl (C=O) groups is 1. The lowest BCUT2D eigenvalue weighted by Crippen LogP contribution is -2.45. The predicted molar refractivity (Wildman–Crippen MR) is 87.1 cm³/mol. The highest BCUT2D eigenvalue weighted by Crippen LogP contribution is 2.20. The summed E-state index contributed by atoms with van der Waals surface area (Å²) in [4.78, 5) is 12.1.